The molecular formula is C8H13N3O. The van der Waals surface area contributed by atoms with E-state index in [1.807, 2.05) is 13.0 Å². The van der Waals surface area contributed by atoms with Gasteiger partial charge in [0.25, 0.3) is 0 Å². The Bertz CT molecular complexity index is 229. The largest absolute Gasteiger partial charge is 0.366 e. The Balaban J connectivity index is 4.34. The minimum Gasteiger partial charge on any atom is -0.366 e. The van der Waals surface area contributed by atoms with Crippen LogP contribution >= 0.6 is 0 Å². The Morgan fingerprint density at radius 3 is 2.75 bits per heavy atom. The molecule has 4 nitrogen and oxygen atoms in total. The van der Waals surface area contributed by atoms with Crippen molar-refractivity contribution in [3.8, 4) is 6.07 Å². The number of nitriles is 1. The van der Waals surface area contributed by atoms with E-state index in [9.17, 15) is 4.79 Å². The molecule has 3 N–H and O–H groups in total. The highest BCUT2D eigenvalue weighted by atomic mass is 16.1. The second-order valence-corrected chi connectivity index (χ2v) is 2.74. The van der Waals surface area contributed by atoms with Crippen LogP contribution in [0, 0.1) is 11.3 Å². The molecule has 0 saturated carbocycles. The lowest BCUT2D eigenvalue weighted by Gasteiger charge is -2.21. The summed E-state index contributed by atoms with van der Waals surface area (Å²) in [5.74, 6) is -0.505. The van der Waals surface area contributed by atoms with Crippen LogP contribution in [0.3, 0.4) is 0 Å². The van der Waals surface area contributed by atoms with Crippen LogP contribution in [0.25, 0.3) is 0 Å². The molecule has 0 spiro atoms. The summed E-state index contributed by atoms with van der Waals surface area (Å²) in [6.45, 7) is 1.82. The molecule has 0 heterocycles. The summed E-state index contributed by atoms with van der Waals surface area (Å²) in [6.07, 6.45) is 3.15. The van der Waals surface area contributed by atoms with Crippen LogP contribution in [0.15, 0.2) is 12.2 Å². The smallest absolute Gasteiger partial charge is 0.241 e. The molecule has 0 fully saturated rings. The molecule has 12 heavy (non-hydrogen) atoms. The van der Waals surface area contributed by atoms with Gasteiger partial charge in [0.05, 0.1) is 12.5 Å². The Labute approximate surface area is 72.0 Å². The van der Waals surface area contributed by atoms with Gasteiger partial charge in [-0.2, -0.15) is 5.26 Å². The SMILES string of the molecule is CNC(C)(C=CC(N)=O)CC#N. The van der Waals surface area contributed by atoms with Crippen molar-refractivity contribution in [3.05, 3.63) is 12.2 Å². The molecule has 0 aliphatic heterocycles. The molecule has 0 aromatic rings. The number of carbonyl (C=O) groups excluding carboxylic acids is 1. The van der Waals surface area contributed by atoms with Crippen molar-refractivity contribution in [2.75, 3.05) is 7.05 Å². The molecule has 0 rings (SSSR count). The first-order valence-electron chi connectivity index (χ1n) is 3.58. The summed E-state index contributed by atoms with van der Waals surface area (Å²) in [6, 6.07) is 2.02. The van der Waals surface area contributed by atoms with Gasteiger partial charge in [-0.1, -0.05) is 6.08 Å². The molecule has 1 amide bonds. The van der Waals surface area contributed by atoms with Crippen molar-refractivity contribution in [1.82, 2.24) is 5.32 Å². The highest BCUT2D eigenvalue weighted by molar-refractivity contribution is 5.85. The number of rotatable bonds is 4. The van der Waals surface area contributed by atoms with Gasteiger partial charge in [-0.05, 0) is 14.0 Å². The van der Waals surface area contributed by atoms with Crippen molar-refractivity contribution < 1.29 is 4.79 Å². The number of nitrogens with two attached hydrogens (primary N) is 1. The first kappa shape index (κ1) is 10.7. The standard InChI is InChI=1S/C8H13N3O/c1-8(11-2,5-6-9)4-3-7(10)12/h3-4,11H,5H2,1-2H3,(H2,10,12). The van der Waals surface area contributed by atoms with Gasteiger partial charge in [0.15, 0.2) is 0 Å². The zero-order valence-corrected chi connectivity index (χ0v) is 7.29. The first-order chi connectivity index (χ1) is 5.54. The number of hydrogen-bond acceptors (Lipinski definition) is 3. The maximum Gasteiger partial charge on any atom is 0.241 e. The number of nitrogens with zero attached hydrogens (tertiary/aromatic N) is 1. The minimum atomic E-state index is -0.505. The van der Waals surface area contributed by atoms with E-state index in [0.29, 0.717) is 6.42 Å². The Kier molecular flexibility index (Phi) is 4.02. The Hall–Kier alpha value is -1.34. The number of nitrogens with one attached hydrogen (secondary N) is 1. The number of carbonyl (C=O) groups is 1. The van der Waals surface area contributed by atoms with Crippen LogP contribution < -0.4 is 11.1 Å². The van der Waals surface area contributed by atoms with Crippen LogP contribution in [0.5, 0.6) is 0 Å². The lowest BCUT2D eigenvalue weighted by atomic mass is 9.98. The van der Waals surface area contributed by atoms with Crippen molar-refractivity contribution in [3.63, 3.8) is 0 Å². The third-order valence-corrected chi connectivity index (χ3v) is 1.63. The van der Waals surface area contributed by atoms with Gasteiger partial charge in [-0.15, -0.1) is 0 Å². The molecule has 66 valence electrons. The maximum absolute atomic E-state index is 10.4. The third-order valence-electron chi connectivity index (χ3n) is 1.63. The summed E-state index contributed by atoms with van der Waals surface area (Å²) >= 11 is 0. The maximum atomic E-state index is 10.4. The van der Waals surface area contributed by atoms with Crippen LogP contribution in [0.2, 0.25) is 0 Å². The summed E-state index contributed by atoms with van der Waals surface area (Å²) < 4.78 is 0. The molecular weight excluding hydrogens is 154 g/mol. The van der Waals surface area contributed by atoms with Crippen LogP contribution in [-0.4, -0.2) is 18.5 Å². The predicted octanol–water partition coefficient (Wildman–Crippen LogP) is -0.0803. The molecule has 1 atom stereocenters. The second-order valence-electron chi connectivity index (χ2n) is 2.74. The molecule has 0 bridgehead atoms. The summed E-state index contributed by atoms with van der Waals surface area (Å²) in [7, 11) is 1.72. The van der Waals surface area contributed by atoms with Gasteiger partial charge < -0.3 is 11.1 Å². The molecule has 0 aromatic heterocycles. The average molecular weight is 167 g/mol. The monoisotopic (exact) mass is 167 g/mol. The summed E-state index contributed by atoms with van der Waals surface area (Å²) in [5.41, 5.74) is 4.45. The molecule has 1 unspecified atom stereocenters. The highest BCUT2D eigenvalue weighted by Gasteiger charge is 2.17. The molecule has 0 aliphatic carbocycles. The minimum absolute atomic E-state index is 0.299. The van der Waals surface area contributed by atoms with E-state index in [1.54, 1.807) is 13.1 Å². The van der Waals surface area contributed by atoms with Gasteiger partial charge in [0.1, 0.15) is 0 Å². The van der Waals surface area contributed by atoms with Gasteiger partial charge >= 0.3 is 0 Å². The quantitative estimate of drug-likeness (QED) is 0.575. The van der Waals surface area contributed by atoms with E-state index in [0.717, 1.165) is 0 Å². The summed E-state index contributed by atoms with van der Waals surface area (Å²) in [4.78, 5) is 10.4. The van der Waals surface area contributed by atoms with Crippen LogP contribution in [0.1, 0.15) is 13.3 Å². The van der Waals surface area contributed by atoms with Gasteiger partial charge in [-0.3, -0.25) is 4.79 Å². The predicted molar refractivity (Wildman–Crippen MR) is 46.0 cm³/mol. The highest BCUT2D eigenvalue weighted by Crippen LogP contribution is 2.09. The second kappa shape index (κ2) is 4.52. The zero-order chi connectivity index (χ0) is 9.61. The average Bonchev–Trinajstić information content (AvgIpc) is 2.02. The lowest BCUT2D eigenvalue weighted by molar-refractivity contribution is -0.113. The van der Waals surface area contributed by atoms with Gasteiger partial charge in [-0.25, -0.2) is 0 Å². The van der Waals surface area contributed by atoms with E-state index in [2.05, 4.69) is 5.32 Å². The lowest BCUT2D eigenvalue weighted by Crippen LogP contribution is -2.37. The molecule has 0 aliphatic rings. The zero-order valence-electron chi connectivity index (χ0n) is 7.29. The number of likely N-dealkylation sites (N-methyl/N-ethyl adjacent to an activating group) is 1. The van der Waals surface area contributed by atoms with E-state index < -0.39 is 11.4 Å². The fraction of sp³-hybridized carbons (Fsp3) is 0.500. The Morgan fingerprint density at radius 1 is 1.83 bits per heavy atom. The van der Waals surface area contributed by atoms with E-state index in [4.69, 9.17) is 11.0 Å². The van der Waals surface area contributed by atoms with Gasteiger partial charge in [0, 0.05) is 11.6 Å². The van der Waals surface area contributed by atoms with Crippen molar-refractivity contribution in [2.45, 2.75) is 18.9 Å². The number of amides is 1. The van der Waals surface area contributed by atoms with Crippen LogP contribution in [-0.2, 0) is 4.79 Å². The van der Waals surface area contributed by atoms with Crippen molar-refractivity contribution in [1.29, 1.82) is 5.26 Å². The van der Waals surface area contributed by atoms with E-state index in [-0.39, 0.29) is 0 Å². The normalized spacial score (nSPS) is 15.4. The number of primary amides is 1. The Morgan fingerprint density at radius 2 is 2.42 bits per heavy atom. The molecule has 4 heteroatoms. The van der Waals surface area contributed by atoms with Crippen LogP contribution in [0.4, 0.5) is 0 Å². The van der Waals surface area contributed by atoms with Crippen molar-refractivity contribution >= 4 is 5.91 Å². The fourth-order valence-electron chi connectivity index (χ4n) is 0.661. The van der Waals surface area contributed by atoms with E-state index >= 15 is 0 Å². The number of hydrogen-bond donors (Lipinski definition) is 2. The van der Waals surface area contributed by atoms with E-state index in [1.165, 1.54) is 6.08 Å². The fourth-order valence-corrected chi connectivity index (χ4v) is 0.661. The van der Waals surface area contributed by atoms with Gasteiger partial charge in [0.2, 0.25) is 5.91 Å². The van der Waals surface area contributed by atoms with Crippen molar-refractivity contribution in [2.24, 2.45) is 5.73 Å². The molecule has 0 aromatic carbocycles. The summed E-state index contributed by atoms with van der Waals surface area (Å²) in [5, 5.41) is 11.4. The third kappa shape index (κ3) is 3.74. The molecule has 0 saturated heterocycles. The first-order valence-corrected chi connectivity index (χ1v) is 3.58. The topological polar surface area (TPSA) is 78.9 Å². The molecule has 0 radical (unpaired) electrons.